The highest BCUT2D eigenvalue weighted by Crippen LogP contribution is 2.35. The van der Waals surface area contributed by atoms with Gasteiger partial charge in [0.15, 0.2) is 0 Å². The molecule has 33 heavy (non-hydrogen) atoms. The van der Waals surface area contributed by atoms with Crippen LogP contribution in [0.2, 0.25) is 0 Å². The zero-order chi connectivity index (χ0) is 23.6. The summed E-state index contributed by atoms with van der Waals surface area (Å²) >= 11 is 0. The smallest absolute Gasteiger partial charge is 0.126 e. The molecule has 1 atom stereocenters. The molecule has 0 spiro atoms. The first-order valence-corrected chi connectivity index (χ1v) is 12.3. The van der Waals surface area contributed by atoms with Gasteiger partial charge in [-0.05, 0) is 98.8 Å². The second-order valence-corrected chi connectivity index (χ2v) is 9.09. The summed E-state index contributed by atoms with van der Waals surface area (Å²) in [6, 6.07) is 14.0. The Labute approximate surface area is 199 Å². The van der Waals surface area contributed by atoms with E-state index in [9.17, 15) is 4.39 Å². The Morgan fingerprint density at radius 3 is 2.48 bits per heavy atom. The van der Waals surface area contributed by atoms with Gasteiger partial charge >= 0.3 is 0 Å². The largest absolute Gasteiger partial charge is 0.355 e. The lowest BCUT2D eigenvalue weighted by atomic mass is 9.81. The SMILES string of the molecule is C=CCc1c(F)cccc1CCCCCC1=CC(Nc2ccc(C)cc2)=C(C=C)CC1CC. The Morgan fingerprint density at radius 1 is 1.03 bits per heavy atom. The van der Waals surface area contributed by atoms with E-state index in [1.807, 2.05) is 12.1 Å². The molecule has 0 saturated heterocycles. The molecule has 174 valence electrons. The van der Waals surface area contributed by atoms with Crippen molar-refractivity contribution in [2.75, 3.05) is 5.32 Å². The Hall–Kier alpha value is -2.87. The van der Waals surface area contributed by atoms with Gasteiger partial charge in [0.1, 0.15) is 5.82 Å². The third-order valence-corrected chi connectivity index (χ3v) is 6.71. The minimum absolute atomic E-state index is 0.107. The summed E-state index contributed by atoms with van der Waals surface area (Å²) in [5.74, 6) is 0.480. The number of rotatable bonds is 12. The average molecular weight is 444 g/mol. The van der Waals surface area contributed by atoms with Crippen molar-refractivity contribution < 1.29 is 4.39 Å². The Bertz CT molecular complexity index is 1010. The van der Waals surface area contributed by atoms with E-state index in [4.69, 9.17) is 0 Å². The van der Waals surface area contributed by atoms with E-state index in [1.165, 1.54) is 22.4 Å². The van der Waals surface area contributed by atoms with Crippen molar-refractivity contribution in [2.45, 2.75) is 65.2 Å². The molecule has 0 fully saturated rings. The van der Waals surface area contributed by atoms with Gasteiger partial charge in [0.2, 0.25) is 0 Å². The fraction of sp³-hybridized carbons (Fsp3) is 0.355. The first-order valence-electron chi connectivity index (χ1n) is 12.3. The number of unbranched alkanes of at least 4 members (excludes halogenated alkanes) is 2. The van der Waals surface area contributed by atoms with E-state index >= 15 is 0 Å². The van der Waals surface area contributed by atoms with Gasteiger partial charge in [-0.1, -0.05) is 67.5 Å². The van der Waals surface area contributed by atoms with Crippen LogP contribution in [-0.2, 0) is 12.8 Å². The molecule has 0 saturated carbocycles. The molecule has 0 aromatic heterocycles. The maximum atomic E-state index is 14.1. The minimum Gasteiger partial charge on any atom is -0.355 e. The maximum absolute atomic E-state index is 14.1. The second kappa shape index (κ2) is 12.4. The van der Waals surface area contributed by atoms with Crippen molar-refractivity contribution in [3.8, 4) is 0 Å². The number of nitrogens with one attached hydrogen (secondary N) is 1. The molecule has 2 aromatic rings. The summed E-state index contributed by atoms with van der Waals surface area (Å²) < 4.78 is 14.1. The number of halogens is 1. The molecule has 1 unspecified atom stereocenters. The first-order chi connectivity index (χ1) is 16.0. The molecule has 1 aliphatic rings. The van der Waals surface area contributed by atoms with Gasteiger partial charge < -0.3 is 5.32 Å². The number of anilines is 1. The van der Waals surface area contributed by atoms with Gasteiger partial charge in [-0.25, -0.2) is 4.39 Å². The number of allylic oxidation sites excluding steroid dienone is 5. The van der Waals surface area contributed by atoms with E-state index in [-0.39, 0.29) is 5.82 Å². The summed E-state index contributed by atoms with van der Waals surface area (Å²) in [6.45, 7) is 12.2. The second-order valence-electron chi connectivity index (χ2n) is 9.09. The fourth-order valence-corrected chi connectivity index (χ4v) is 4.72. The third kappa shape index (κ3) is 6.81. The number of hydrogen-bond acceptors (Lipinski definition) is 1. The summed E-state index contributed by atoms with van der Waals surface area (Å²) in [5.41, 5.74) is 8.33. The molecule has 1 N–H and O–H groups in total. The molecule has 2 aromatic carbocycles. The highest BCUT2D eigenvalue weighted by Gasteiger charge is 2.20. The molecule has 0 bridgehead atoms. The van der Waals surface area contributed by atoms with Gasteiger partial charge in [-0.2, -0.15) is 0 Å². The summed E-state index contributed by atoms with van der Waals surface area (Å²) in [6.07, 6.45) is 14.4. The molecule has 2 heteroatoms. The topological polar surface area (TPSA) is 12.0 Å². The van der Waals surface area contributed by atoms with E-state index < -0.39 is 0 Å². The van der Waals surface area contributed by atoms with Crippen molar-refractivity contribution in [1.29, 1.82) is 0 Å². The van der Waals surface area contributed by atoms with Crippen LogP contribution in [-0.4, -0.2) is 0 Å². The Morgan fingerprint density at radius 2 is 1.79 bits per heavy atom. The normalized spacial score (nSPS) is 15.8. The maximum Gasteiger partial charge on any atom is 0.126 e. The van der Waals surface area contributed by atoms with Crippen LogP contribution in [0.3, 0.4) is 0 Å². The number of benzene rings is 2. The predicted molar refractivity (Wildman–Crippen MR) is 141 cm³/mol. The van der Waals surface area contributed by atoms with Crippen molar-refractivity contribution in [2.24, 2.45) is 5.92 Å². The fourth-order valence-electron chi connectivity index (χ4n) is 4.72. The zero-order valence-corrected chi connectivity index (χ0v) is 20.3. The van der Waals surface area contributed by atoms with Crippen molar-refractivity contribution in [3.63, 3.8) is 0 Å². The molecule has 0 radical (unpaired) electrons. The quantitative estimate of drug-likeness (QED) is 0.255. The van der Waals surface area contributed by atoms with Gasteiger partial charge in [-0.15, -0.1) is 6.58 Å². The molecule has 3 rings (SSSR count). The van der Waals surface area contributed by atoms with Crippen molar-refractivity contribution in [3.05, 3.63) is 113 Å². The van der Waals surface area contributed by atoms with Gasteiger partial charge in [0, 0.05) is 11.4 Å². The van der Waals surface area contributed by atoms with E-state index in [2.05, 4.69) is 68.7 Å². The average Bonchev–Trinajstić information content (AvgIpc) is 2.82. The number of aryl methyl sites for hydroxylation is 2. The summed E-state index contributed by atoms with van der Waals surface area (Å²) in [4.78, 5) is 0. The molecule has 0 heterocycles. The molecule has 1 nitrogen and oxygen atoms in total. The minimum atomic E-state index is -0.107. The molecule has 0 aliphatic heterocycles. The van der Waals surface area contributed by atoms with Crippen LogP contribution >= 0.6 is 0 Å². The lowest BCUT2D eigenvalue weighted by Crippen LogP contribution is -2.14. The lowest BCUT2D eigenvalue weighted by molar-refractivity contribution is 0.539. The van der Waals surface area contributed by atoms with Crippen LogP contribution in [0.5, 0.6) is 0 Å². The van der Waals surface area contributed by atoms with Gasteiger partial charge in [-0.3, -0.25) is 0 Å². The lowest BCUT2D eigenvalue weighted by Gasteiger charge is -2.27. The first kappa shape index (κ1) is 24.8. The van der Waals surface area contributed by atoms with E-state index in [1.54, 1.807) is 12.1 Å². The van der Waals surface area contributed by atoms with E-state index in [0.717, 1.165) is 61.8 Å². The van der Waals surface area contributed by atoms with Crippen molar-refractivity contribution in [1.82, 2.24) is 0 Å². The zero-order valence-electron chi connectivity index (χ0n) is 20.3. The third-order valence-electron chi connectivity index (χ3n) is 6.71. The van der Waals surface area contributed by atoms with Crippen molar-refractivity contribution >= 4 is 5.69 Å². The predicted octanol–water partition coefficient (Wildman–Crippen LogP) is 8.87. The number of hydrogen-bond donors (Lipinski definition) is 1. The van der Waals surface area contributed by atoms with Crippen LogP contribution in [0.25, 0.3) is 0 Å². The molecule has 1 aliphatic carbocycles. The molecular weight excluding hydrogens is 405 g/mol. The Kier molecular flexibility index (Phi) is 9.30. The summed E-state index contributed by atoms with van der Waals surface area (Å²) in [5, 5.41) is 3.62. The van der Waals surface area contributed by atoms with Crippen LogP contribution in [0.4, 0.5) is 10.1 Å². The van der Waals surface area contributed by atoms with Crippen LogP contribution in [0, 0.1) is 18.7 Å². The van der Waals surface area contributed by atoms with Crippen LogP contribution in [0.15, 0.2) is 90.7 Å². The molecule has 0 amide bonds. The van der Waals surface area contributed by atoms with Gasteiger partial charge in [0.05, 0.1) is 0 Å². The summed E-state index contributed by atoms with van der Waals surface area (Å²) in [7, 11) is 0. The monoisotopic (exact) mass is 443 g/mol. The van der Waals surface area contributed by atoms with Gasteiger partial charge in [0.25, 0.3) is 0 Å². The molecular formula is C31H38FN. The van der Waals surface area contributed by atoms with E-state index in [0.29, 0.717) is 12.3 Å². The standard InChI is InChI=1S/C31H38FN/c1-5-12-29-26(15-11-16-30(29)32)13-9-8-10-14-27-22-31(25(7-3)21-24(27)6-2)33-28-19-17-23(4)18-20-28/h5,7,11,15-20,22,24,33H,1,3,6,8-10,12-14,21H2,2,4H3. The Balaban J connectivity index is 1.60. The highest BCUT2D eigenvalue weighted by molar-refractivity contribution is 5.55. The highest BCUT2D eigenvalue weighted by atomic mass is 19.1. The van der Waals surface area contributed by atoms with Crippen LogP contribution < -0.4 is 5.32 Å². The van der Waals surface area contributed by atoms with Crippen LogP contribution in [0.1, 0.15) is 62.1 Å².